The van der Waals surface area contributed by atoms with Gasteiger partial charge in [0, 0.05) is 22.5 Å². The molecule has 1 aromatic carbocycles. The lowest BCUT2D eigenvalue weighted by atomic mass is 10.0. The van der Waals surface area contributed by atoms with E-state index in [2.05, 4.69) is 36.7 Å². The van der Waals surface area contributed by atoms with E-state index in [9.17, 15) is 4.39 Å². The molecule has 1 N–H and O–H groups in total. The van der Waals surface area contributed by atoms with E-state index >= 15 is 0 Å². The Morgan fingerprint density at radius 1 is 1.21 bits per heavy atom. The predicted molar refractivity (Wildman–Crippen MR) is 80.1 cm³/mol. The Hall–Kier alpha value is -1.19. The van der Waals surface area contributed by atoms with Crippen LogP contribution in [0, 0.1) is 5.82 Å². The molecule has 1 aromatic heterocycles. The first-order chi connectivity index (χ1) is 9.20. The molecule has 0 amide bonds. The molecule has 3 heteroatoms. The third-order valence-corrected chi connectivity index (χ3v) is 4.16. The molecule has 0 radical (unpaired) electrons. The number of nitrogens with one attached hydrogen (secondary N) is 1. The van der Waals surface area contributed by atoms with E-state index in [0.717, 1.165) is 18.4 Å². The number of halogens is 1. The average Bonchev–Trinajstić information content (AvgIpc) is 2.89. The van der Waals surface area contributed by atoms with Gasteiger partial charge in [-0.2, -0.15) is 0 Å². The minimum Gasteiger partial charge on any atom is -0.307 e. The van der Waals surface area contributed by atoms with Crippen molar-refractivity contribution in [3.63, 3.8) is 0 Å². The highest BCUT2D eigenvalue weighted by Crippen LogP contribution is 2.21. The molecule has 1 nitrogen and oxygen atoms in total. The van der Waals surface area contributed by atoms with Gasteiger partial charge in [-0.3, -0.25) is 0 Å². The lowest BCUT2D eigenvalue weighted by Gasteiger charge is -2.22. The normalized spacial score (nSPS) is 14.3. The second-order valence-electron chi connectivity index (χ2n) is 4.83. The maximum absolute atomic E-state index is 13.8. The summed E-state index contributed by atoms with van der Waals surface area (Å²) in [6, 6.07) is 11.7. The first-order valence-electron chi connectivity index (χ1n) is 6.73. The van der Waals surface area contributed by atoms with E-state index in [4.69, 9.17) is 0 Å². The Balaban J connectivity index is 2.01. The van der Waals surface area contributed by atoms with Crippen molar-refractivity contribution < 1.29 is 4.39 Å². The summed E-state index contributed by atoms with van der Waals surface area (Å²) in [6.07, 6.45) is 1.87. The predicted octanol–water partition coefficient (Wildman–Crippen LogP) is 4.56. The maximum Gasteiger partial charge on any atom is 0.127 e. The summed E-state index contributed by atoms with van der Waals surface area (Å²) >= 11 is 1.77. The van der Waals surface area contributed by atoms with Crippen LogP contribution in [-0.2, 0) is 6.42 Å². The van der Waals surface area contributed by atoms with Crippen molar-refractivity contribution in [1.82, 2.24) is 5.32 Å². The van der Waals surface area contributed by atoms with Gasteiger partial charge in [-0.05, 0) is 37.3 Å². The Labute approximate surface area is 118 Å². The molecule has 0 bridgehead atoms. The molecule has 0 saturated carbocycles. The van der Waals surface area contributed by atoms with Gasteiger partial charge in [-0.25, -0.2) is 4.39 Å². The Morgan fingerprint density at radius 2 is 2.00 bits per heavy atom. The molecular formula is C16H20FNS. The van der Waals surface area contributed by atoms with Gasteiger partial charge in [0.05, 0.1) is 0 Å². The zero-order chi connectivity index (χ0) is 13.7. The molecule has 0 aliphatic heterocycles. The van der Waals surface area contributed by atoms with Crippen molar-refractivity contribution in [1.29, 1.82) is 0 Å². The molecule has 0 spiro atoms. The summed E-state index contributed by atoms with van der Waals surface area (Å²) in [6.45, 7) is 4.24. The molecule has 2 atom stereocenters. The van der Waals surface area contributed by atoms with Gasteiger partial charge >= 0.3 is 0 Å². The lowest BCUT2D eigenvalue weighted by molar-refractivity contribution is 0.430. The monoisotopic (exact) mass is 277 g/mol. The van der Waals surface area contributed by atoms with E-state index in [0.29, 0.717) is 6.04 Å². The van der Waals surface area contributed by atoms with Crippen LogP contribution in [0.2, 0.25) is 0 Å². The summed E-state index contributed by atoms with van der Waals surface area (Å²) in [5.74, 6) is -0.120. The number of rotatable bonds is 6. The molecule has 0 aliphatic rings. The first-order valence-corrected chi connectivity index (χ1v) is 7.61. The summed E-state index contributed by atoms with van der Waals surface area (Å²) in [5, 5.41) is 5.62. The van der Waals surface area contributed by atoms with Crippen LogP contribution in [0.25, 0.3) is 0 Å². The molecule has 0 fully saturated rings. The summed E-state index contributed by atoms with van der Waals surface area (Å²) < 4.78 is 13.8. The number of benzene rings is 1. The van der Waals surface area contributed by atoms with Gasteiger partial charge < -0.3 is 5.32 Å². The van der Waals surface area contributed by atoms with E-state index < -0.39 is 0 Å². The van der Waals surface area contributed by atoms with E-state index in [1.165, 1.54) is 10.9 Å². The minimum absolute atomic E-state index is 0.0798. The first kappa shape index (κ1) is 14.2. The molecule has 0 saturated heterocycles. The largest absolute Gasteiger partial charge is 0.307 e. The average molecular weight is 277 g/mol. The molecule has 2 rings (SSSR count). The summed E-state index contributed by atoms with van der Waals surface area (Å²) in [7, 11) is 0. The van der Waals surface area contributed by atoms with Crippen molar-refractivity contribution >= 4 is 11.3 Å². The second-order valence-corrected chi connectivity index (χ2v) is 5.87. The minimum atomic E-state index is -0.120. The maximum atomic E-state index is 13.8. The fourth-order valence-corrected chi connectivity index (χ4v) is 3.15. The molecule has 19 heavy (non-hydrogen) atoms. The SMILES string of the molecule is CCC(NC(C)Cc1cccs1)c1ccccc1F. The van der Waals surface area contributed by atoms with Crippen molar-refractivity contribution in [2.45, 2.75) is 38.8 Å². The van der Waals surface area contributed by atoms with Crippen LogP contribution in [0.3, 0.4) is 0 Å². The van der Waals surface area contributed by atoms with Crippen molar-refractivity contribution in [3.8, 4) is 0 Å². The number of hydrogen-bond donors (Lipinski definition) is 1. The molecule has 2 aromatic rings. The highest BCUT2D eigenvalue weighted by molar-refractivity contribution is 7.09. The van der Waals surface area contributed by atoms with Gasteiger partial charge in [0.1, 0.15) is 5.82 Å². The van der Waals surface area contributed by atoms with E-state index in [1.54, 1.807) is 17.4 Å². The zero-order valence-corrected chi connectivity index (χ0v) is 12.2. The quantitative estimate of drug-likeness (QED) is 0.816. The Bertz CT molecular complexity index is 495. The van der Waals surface area contributed by atoms with Gasteiger partial charge in [0.2, 0.25) is 0 Å². The second kappa shape index (κ2) is 6.83. The van der Waals surface area contributed by atoms with Crippen LogP contribution >= 0.6 is 11.3 Å². The molecule has 1 heterocycles. The smallest absolute Gasteiger partial charge is 0.127 e. The van der Waals surface area contributed by atoms with Gasteiger partial charge in [0.25, 0.3) is 0 Å². The van der Waals surface area contributed by atoms with Crippen molar-refractivity contribution in [2.75, 3.05) is 0 Å². The van der Waals surface area contributed by atoms with Crippen LogP contribution < -0.4 is 5.32 Å². The van der Waals surface area contributed by atoms with E-state index in [1.807, 2.05) is 12.1 Å². The van der Waals surface area contributed by atoms with E-state index in [-0.39, 0.29) is 11.9 Å². The third kappa shape index (κ3) is 3.88. The van der Waals surface area contributed by atoms with Crippen molar-refractivity contribution in [2.24, 2.45) is 0 Å². The fraction of sp³-hybridized carbons (Fsp3) is 0.375. The standard InChI is InChI=1S/C16H20FNS/c1-3-16(14-8-4-5-9-15(14)17)18-12(2)11-13-7-6-10-19-13/h4-10,12,16,18H,3,11H2,1-2H3. The third-order valence-electron chi connectivity index (χ3n) is 3.26. The fourth-order valence-electron chi connectivity index (χ4n) is 2.32. The van der Waals surface area contributed by atoms with Crippen LogP contribution in [0.4, 0.5) is 4.39 Å². The van der Waals surface area contributed by atoms with Crippen LogP contribution in [0.15, 0.2) is 41.8 Å². The molecule has 102 valence electrons. The van der Waals surface area contributed by atoms with Crippen molar-refractivity contribution in [3.05, 3.63) is 58.0 Å². The van der Waals surface area contributed by atoms with Gasteiger partial charge in [-0.15, -0.1) is 11.3 Å². The van der Waals surface area contributed by atoms with Crippen LogP contribution in [0.1, 0.15) is 36.8 Å². The summed E-state index contributed by atoms with van der Waals surface area (Å²) in [5.41, 5.74) is 0.767. The van der Waals surface area contributed by atoms with Gasteiger partial charge in [0.15, 0.2) is 0 Å². The topological polar surface area (TPSA) is 12.0 Å². The zero-order valence-electron chi connectivity index (χ0n) is 11.4. The molecular weight excluding hydrogens is 257 g/mol. The number of thiophene rings is 1. The highest BCUT2D eigenvalue weighted by atomic mass is 32.1. The molecule has 0 aliphatic carbocycles. The Morgan fingerprint density at radius 3 is 2.63 bits per heavy atom. The van der Waals surface area contributed by atoms with Crippen LogP contribution in [0.5, 0.6) is 0 Å². The Kier molecular flexibility index (Phi) is 5.11. The molecule has 2 unspecified atom stereocenters. The summed E-state index contributed by atoms with van der Waals surface area (Å²) in [4.78, 5) is 1.36. The van der Waals surface area contributed by atoms with Gasteiger partial charge in [-0.1, -0.05) is 31.2 Å². The highest BCUT2D eigenvalue weighted by Gasteiger charge is 2.16. The number of hydrogen-bond acceptors (Lipinski definition) is 2. The lowest BCUT2D eigenvalue weighted by Crippen LogP contribution is -2.32. The van der Waals surface area contributed by atoms with Crippen LogP contribution in [-0.4, -0.2) is 6.04 Å².